The quantitative estimate of drug-likeness (QED) is 0.575. The topological polar surface area (TPSA) is 12.9 Å². The van der Waals surface area contributed by atoms with Gasteiger partial charge in [0.2, 0.25) is 0 Å². The first-order chi connectivity index (χ1) is 8.27. The van der Waals surface area contributed by atoms with E-state index in [1.54, 1.807) is 0 Å². The van der Waals surface area contributed by atoms with Crippen LogP contribution in [-0.2, 0) is 0 Å². The fourth-order valence-corrected chi connectivity index (χ4v) is 2.23. The van der Waals surface area contributed by atoms with Crippen molar-refractivity contribution in [2.24, 2.45) is 0 Å². The molecule has 0 aliphatic carbocycles. The van der Waals surface area contributed by atoms with Crippen LogP contribution in [0.1, 0.15) is 70.4 Å². The first-order valence-corrected chi connectivity index (χ1v) is 6.89. The summed E-state index contributed by atoms with van der Waals surface area (Å²) in [5.41, 5.74) is 1.06. The van der Waals surface area contributed by atoms with E-state index in [2.05, 4.69) is 18.8 Å². The van der Waals surface area contributed by atoms with Crippen molar-refractivity contribution in [3.63, 3.8) is 0 Å². The van der Waals surface area contributed by atoms with Crippen molar-refractivity contribution in [2.75, 3.05) is 0 Å². The van der Waals surface area contributed by atoms with Crippen LogP contribution in [0.5, 0.6) is 0 Å². The predicted molar refractivity (Wildman–Crippen MR) is 70.6 cm³/mol. The lowest BCUT2D eigenvalue weighted by Crippen LogP contribution is -2.02. The van der Waals surface area contributed by atoms with Crippen LogP contribution in [0.3, 0.4) is 0 Å². The Kier molecular flexibility index (Phi) is 6.83. The Hall–Kier alpha value is -0.920. The number of aromatic nitrogens is 1. The van der Waals surface area contributed by atoms with Crippen molar-refractivity contribution in [3.8, 4) is 0 Å². The summed E-state index contributed by atoms with van der Waals surface area (Å²) in [5, 5.41) is 0. The molecule has 0 radical (unpaired) electrons. The second-order valence-corrected chi connectivity index (χ2v) is 4.74. The molecule has 1 unspecified atom stereocenters. The van der Waals surface area contributed by atoms with E-state index < -0.39 is 0 Å². The molecule has 2 heteroatoms. The average molecular weight is 237 g/mol. The van der Waals surface area contributed by atoms with E-state index in [0.29, 0.717) is 5.92 Å². The van der Waals surface area contributed by atoms with Crippen molar-refractivity contribution < 1.29 is 4.39 Å². The van der Waals surface area contributed by atoms with Gasteiger partial charge in [-0.3, -0.25) is 4.98 Å². The van der Waals surface area contributed by atoms with Gasteiger partial charge in [0, 0.05) is 11.6 Å². The van der Waals surface area contributed by atoms with Crippen LogP contribution in [0.25, 0.3) is 0 Å². The van der Waals surface area contributed by atoms with Gasteiger partial charge in [0.25, 0.3) is 0 Å². The van der Waals surface area contributed by atoms with Crippen molar-refractivity contribution in [3.05, 3.63) is 29.8 Å². The molecule has 0 spiro atoms. The lowest BCUT2D eigenvalue weighted by atomic mass is 9.93. The van der Waals surface area contributed by atoms with Crippen molar-refractivity contribution >= 4 is 0 Å². The molecule has 0 aromatic carbocycles. The van der Waals surface area contributed by atoms with Crippen LogP contribution in [0.2, 0.25) is 0 Å². The zero-order valence-electron chi connectivity index (χ0n) is 11.1. The summed E-state index contributed by atoms with van der Waals surface area (Å²) in [6.45, 7) is 4.42. The lowest BCUT2D eigenvalue weighted by Gasteiger charge is -2.15. The first kappa shape index (κ1) is 14.1. The van der Waals surface area contributed by atoms with E-state index in [4.69, 9.17) is 0 Å². The first-order valence-electron chi connectivity index (χ1n) is 6.89. The number of hydrogen-bond acceptors (Lipinski definition) is 1. The molecule has 1 nitrogen and oxygen atoms in total. The van der Waals surface area contributed by atoms with E-state index in [-0.39, 0.29) is 5.82 Å². The van der Waals surface area contributed by atoms with Crippen LogP contribution in [-0.4, -0.2) is 4.98 Å². The Labute approximate surface area is 104 Å². The molecule has 1 heterocycles. The molecular formula is C15H24FN. The molecule has 1 aromatic heterocycles. The SMILES string of the molecule is CCCCCCC(CCC)c1ccc(F)cn1. The molecule has 0 aliphatic heterocycles. The number of unbranched alkanes of at least 4 members (excludes halogenated alkanes) is 3. The van der Waals surface area contributed by atoms with Gasteiger partial charge in [0.15, 0.2) is 0 Å². The van der Waals surface area contributed by atoms with Crippen LogP contribution < -0.4 is 0 Å². The second kappa shape index (κ2) is 8.21. The third-order valence-electron chi connectivity index (χ3n) is 3.21. The number of pyridine rings is 1. The van der Waals surface area contributed by atoms with E-state index >= 15 is 0 Å². The number of nitrogens with zero attached hydrogens (tertiary/aromatic N) is 1. The molecule has 0 aliphatic rings. The van der Waals surface area contributed by atoms with Gasteiger partial charge in [0.05, 0.1) is 6.20 Å². The molecule has 17 heavy (non-hydrogen) atoms. The molecular weight excluding hydrogens is 213 g/mol. The van der Waals surface area contributed by atoms with Crippen molar-refractivity contribution in [2.45, 2.75) is 64.7 Å². The van der Waals surface area contributed by atoms with Crippen LogP contribution in [0.15, 0.2) is 18.3 Å². The average Bonchev–Trinajstić information content (AvgIpc) is 2.34. The van der Waals surface area contributed by atoms with Crippen molar-refractivity contribution in [1.82, 2.24) is 4.98 Å². The maximum atomic E-state index is 12.8. The molecule has 0 saturated carbocycles. The van der Waals surface area contributed by atoms with Gasteiger partial charge in [-0.2, -0.15) is 0 Å². The minimum Gasteiger partial charge on any atom is -0.258 e. The predicted octanol–water partition coefficient (Wildman–Crippen LogP) is 5.07. The van der Waals surface area contributed by atoms with Gasteiger partial charge in [-0.15, -0.1) is 0 Å². The standard InChI is InChI=1S/C15H24FN/c1-3-5-6-7-9-13(8-4-2)15-11-10-14(16)12-17-15/h10-13H,3-9H2,1-2H3. The minimum absolute atomic E-state index is 0.241. The summed E-state index contributed by atoms with van der Waals surface area (Å²) in [6, 6.07) is 3.37. The van der Waals surface area contributed by atoms with Crippen molar-refractivity contribution in [1.29, 1.82) is 0 Å². The van der Waals surface area contributed by atoms with E-state index in [1.165, 1.54) is 44.4 Å². The summed E-state index contributed by atoms with van der Waals surface area (Å²) in [4.78, 5) is 4.22. The van der Waals surface area contributed by atoms with Crippen LogP contribution in [0, 0.1) is 5.82 Å². The summed E-state index contributed by atoms with van der Waals surface area (Å²) in [6.07, 6.45) is 10.00. The lowest BCUT2D eigenvalue weighted by molar-refractivity contribution is 0.509. The van der Waals surface area contributed by atoms with Gasteiger partial charge in [-0.1, -0.05) is 46.0 Å². The van der Waals surface area contributed by atoms with Crippen LogP contribution in [0.4, 0.5) is 4.39 Å². The smallest absolute Gasteiger partial charge is 0.141 e. The van der Waals surface area contributed by atoms with Gasteiger partial charge >= 0.3 is 0 Å². The summed E-state index contributed by atoms with van der Waals surface area (Å²) in [7, 11) is 0. The highest BCUT2D eigenvalue weighted by molar-refractivity contribution is 5.10. The Morgan fingerprint density at radius 1 is 1.06 bits per heavy atom. The molecule has 1 rings (SSSR count). The Balaban J connectivity index is 2.49. The number of halogens is 1. The molecule has 0 fully saturated rings. The summed E-state index contributed by atoms with van der Waals surface area (Å²) < 4.78 is 12.8. The molecule has 96 valence electrons. The summed E-state index contributed by atoms with van der Waals surface area (Å²) in [5.74, 6) is 0.271. The van der Waals surface area contributed by atoms with E-state index in [0.717, 1.165) is 18.5 Å². The maximum absolute atomic E-state index is 12.8. The second-order valence-electron chi connectivity index (χ2n) is 4.74. The van der Waals surface area contributed by atoms with Gasteiger partial charge in [-0.25, -0.2) is 4.39 Å². The fraction of sp³-hybridized carbons (Fsp3) is 0.667. The zero-order valence-corrected chi connectivity index (χ0v) is 11.1. The maximum Gasteiger partial charge on any atom is 0.141 e. The molecule has 0 N–H and O–H groups in total. The number of rotatable bonds is 8. The fourth-order valence-electron chi connectivity index (χ4n) is 2.23. The molecule has 0 amide bonds. The zero-order chi connectivity index (χ0) is 12.5. The molecule has 0 bridgehead atoms. The normalized spacial score (nSPS) is 12.6. The molecule has 1 aromatic rings. The third kappa shape index (κ3) is 5.29. The van der Waals surface area contributed by atoms with Crippen LogP contribution >= 0.6 is 0 Å². The Bertz CT molecular complexity index is 294. The largest absolute Gasteiger partial charge is 0.258 e. The van der Waals surface area contributed by atoms with Gasteiger partial charge in [0.1, 0.15) is 5.82 Å². The minimum atomic E-state index is -0.241. The number of hydrogen-bond donors (Lipinski definition) is 0. The summed E-state index contributed by atoms with van der Waals surface area (Å²) >= 11 is 0. The third-order valence-corrected chi connectivity index (χ3v) is 3.21. The highest BCUT2D eigenvalue weighted by Crippen LogP contribution is 2.25. The van der Waals surface area contributed by atoms with Gasteiger partial charge < -0.3 is 0 Å². The Morgan fingerprint density at radius 3 is 2.47 bits per heavy atom. The highest BCUT2D eigenvalue weighted by Gasteiger charge is 2.11. The molecule has 1 atom stereocenters. The van der Waals surface area contributed by atoms with E-state index in [9.17, 15) is 4.39 Å². The highest BCUT2D eigenvalue weighted by atomic mass is 19.1. The molecule has 0 saturated heterocycles. The van der Waals surface area contributed by atoms with Gasteiger partial charge in [-0.05, 0) is 25.0 Å². The Morgan fingerprint density at radius 2 is 1.88 bits per heavy atom. The van der Waals surface area contributed by atoms with E-state index in [1.807, 2.05) is 6.07 Å². The monoisotopic (exact) mass is 237 g/mol.